The number of H-pyrrole nitrogens is 2. The quantitative estimate of drug-likeness (QED) is 0.292. The number of hydrogen-bond donors (Lipinski definition) is 4. The molecule has 0 aliphatic heterocycles. The highest BCUT2D eigenvalue weighted by molar-refractivity contribution is 5.98. The van der Waals surface area contributed by atoms with Crippen molar-refractivity contribution in [2.45, 2.75) is 6.92 Å². The van der Waals surface area contributed by atoms with Gasteiger partial charge in [-0.25, -0.2) is 19.9 Å². The van der Waals surface area contributed by atoms with Crippen LogP contribution in [0.25, 0.3) is 22.3 Å². The molecule has 4 N–H and O–H groups in total. The van der Waals surface area contributed by atoms with Crippen LogP contribution >= 0.6 is 0 Å². The molecule has 5 heterocycles. The van der Waals surface area contributed by atoms with Crippen LogP contribution in [0.2, 0.25) is 0 Å². The molecule has 13 nitrogen and oxygen atoms in total. The summed E-state index contributed by atoms with van der Waals surface area (Å²) in [5.41, 5.74) is 5.19. The monoisotopic (exact) mass is 447 g/mol. The number of rotatable bonds is 7. The third kappa shape index (κ3) is 3.64. The summed E-state index contributed by atoms with van der Waals surface area (Å²) in [4.78, 5) is 21.2. The van der Waals surface area contributed by atoms with Crippen LogP contribution in [0.5, 0.6) is 11.8 Å². The summed E-state index contributed by atoms with van der Waals surface area (Å²) in [6, 6.07) is 0. The lowest BCUT2D eigenvalue weighted by molar-refractivity contribution is 0.393. The fourth-order valence-corrected chi connectivity index (χ4v) is 3.46. The van der Waals surface area contributed by atoms with Crippen molar-refractivity contribution >= 4 is 34.2 Å². The standard InChI is InChI=1S/C20H21N11O2/c1-10-5-22-20(27-13-8-31(2)30-19(13)33-4)28-14(10)11-6-21-16-15(11)23-9-24-17(16)26-12-7-25-29-18(12)32-3/h5-9,21H,1-4H3,(H,25,29)(H,22,27,28)(H,23,24,26). The summed E-state index contributed by atoms with van der Waals surface area (Å²) >= 11 is 0. The van der Waals surface area contributed by atoms with Crippen LogP contribution in [-0.2, 0) is 7.05 Å². The third-order valence-electron chi connectivity index (χ3n) is 4.98. The molecule has 0 spiro atoms. The smallest absolute Gasteiger partial charge is 0.256 e. The van der Waals surface area contributed by atoms with Crippen LogP contribution in [-0.4, -0.2) is 59.1 Å². The molecule has 0 radical (unpaired) electrons. The first-order valence-electron chi connectivity index (χ1n) is 9.93. The van der Waals surface area contributed by atoms with Gasteiger partial charge in [-0.05, 0) is 12.5 Å². The Labute approximate surface area is 187 Å². The first-order valence-corrected chi connectivity index (χ1v) is 9.93. The Bertz CT molecular complexity index is 1440. The van der Waals surface area contributed by atoms with E-state index in [0.29, 0.717) is 40.4 Å². The molecular weight excluding hydrogens is 426 g/mol. The first-order chi connectivity index (χ1) is 16.1. The number of nitrogens with one attached hydrogen (secondary N) is 4. The molecule has 5 aromatic heterocycles. The summed E-state index contributed by atoms with van der Waals surface area (Å²) in [6.45, 7) is 1.94. The van der Waals surface area contributed by atoms with Crippen molar-refractivity contribution in [3.8, 4) is 23.0 Å². The molecule has 0 aliphatic carbocycles. The zero-order valence-electron chi connectivity index (χ0n) is 18.3. The number of hydrogen-bond acceptors (Lipinski definition) is 10. The highest BCUT2D eigenvalue weighted by Gasteiger charge is 2.18. The molecule has 0 aromatic carbocycles. The van der Waals surface area contributed by atoms with Crippen molar-refractivity contribution in [1.82, 2.24) is 44.9 Å². The molecule has 0 bridgehead atoms. The van der Waals surface area contributed by atoms with Crippen LogP contribution in [0.3, 0.4) is 0 Å². The van der Waals surface area contributed by atoms with Gasteiger partial charge in [0.1, 0.15) is 28.7 Å². The van der Waals surface area contributed by atoms with E-state index in [0.717, 1.165) is 22.3 Å². The van der Waals surface area contributed by atoms with Gasteiger partial charge in [-0.15, -0.1) is 10.2 Å². The molecule has 5 aromatic rings. The Kier molecular flexibility index (Phi) is 4.97. The zero-order valence-corrected chi connectivity index (χ0v) is 18.3. The predicted molar refractivity (Wildman–Crippen MR) is 121 cm³/mol. The summed E-state index contributed by atoms with van der Waals surface area (Å²) in [5.74, 6) is 1.87. The lowest BCUT2D eigenvalue weighted by Crippen LogP contribution is -2.01. The fraction of sp³-hybridized carbons (Fsp3) is 0.200. The van der Waals surface area contributed by atoms with E-state index in [-0.39, 0.29) is 0 Å². The summed E-state index contributed by atoms with van der Waals surface area (Å²) < 4.78 is 12.2. The molecule has 0 saturated carbocycles. The second-order valence-corrected chi connectivity index (χ2v) is 7.16. The number of anilines is 4. The van der Waals surface area contributed by atoms with Crippen molar-refractivity contribution in [2.24, 2.45) is 7.05 Å². The van der Waals surface area contributed by atoms with Crippen LogP contribution in [0, 0.1) is 6.92 Å². The second-order valence-electron chi connectivity index (χ2n) is 7.16. The third-order valence-corrected chi connectivity index (χ3v) is 4.98. The van der Waals surface area contributed by atoms with Crippen LogP contribution < -0.4 is 20.1 Å². The average Bonchev–Trinajstić information content (AvgIpc) is 3.53. The van der Waals surface area contributed by atoms with Gasteiger partial charge in [0.15, 0.2) is 5.82 Å². The van der Waals surface area contributed by atoms with Gasteiger partial charge >= 0.3 is 0 Å². The minimum atomic E-state index is 0.409. The number of aromatic nitrogens is 9. The van der Waals surface area contributed by atoms with Crippen LogP contribution in [0.1, 0.15) is 5.56 Å². The van der Waals surface area contributed by atoms with E-state index in [1.807, 2.05) is 20.2 Å². The number of ether oxygens (including phenoxy) is 2. The number of methoxy groups -OCH3 is 2. The Hall–Kier alpha value is -4.68. The van der Waals surface area contributed by atoms with E-state index < -0.39 is 0 Å². The molecule has 0 saturated heterocycles. The van der Waals surface area contributed by atoms with Crippen molar-refractivity contribution in [1.29, 1.82) is 0 Å². The van der Waals surface area contributed by atoms with Crippen LogP contribution in [0.15, 0.2) is 31.1 Å². The molecule has 0 atom stereocenters. The topological polar surface area (TPSA) is 156 Å². The van der Waals surface area contributed by atoms with E-state index in [9.17, 15) is 0 Å². The first kappa shape index (κ1) is 20.2. The van der Waals surface area contributed by atoms with Crippen LogP contribution in [0.4, 0.5) is 23.1 Å². The Morgan fingerprint density at radius 3 is 2.67 bits per heavy atom. The van der Waals surface area contributed by atoms with E-state index in [1.165, 1.54) is 6.33 Å². The Balaban J connectivity index is 1.52. The van der Waals surface area contributed by atoms with Gasteiger partial charge in [0, 0.05) is 31.2 Å². The normalized spacial score (nSPS) is 11.0. The van der Waals surface area contributed by atoms with Gasteiger partial charge in [-0.2, -0.15) is 0 Å². The predicted octanol–water partition coefficient (Wildman–Crippen LogP) is 2.68. The molecule has 168 valence electrons. The average molecular weight is 447 g/mol. The molecule has 0 aliphatic rings. The largest absolute Gasteiger partial charge is 0.478 e. The van der Waals surface area contributed by atoms with E-state index in [4.69, 9.17) is 14.5 Å². The van der Waals surface area contributed by atoms with Gasteiger partial charge in [0.2, 0.25) is 5.95 Å². The minimum absolute atomic E-state index is 0.409. The Morgan fingerprint density at radius 1 is 1.00 bits per heavy atom. The Morgan fingerprint density at radius 2 is 1.85 bits per heavy atom. The van der Waals surface area contributed by atoms with Crippen molar-refractivity contribution in [2.75, 3.05) is 24.9 Å². The number of fused-ring (bicyclic) bond motifs is 1. The fourth-order valence-electron chi connectivity index (χ4n) is 3.46. The SMILES string of the molecule is COc1nn(C)cc1Nc1ncc(C)c(-c2c[nH]c3c(Nc4c[nH]nc4OC)ncnc23)n1. The van der Waals surface area contributed by atoms with Crippen molar-refractivity contribution in [3.05, 3.63) is 36.7 Å². The molecule has 5 rings (SSSR count). The number of nitrogens with zero attached hydrogens (tertiary/aromatic N) is 7. The van der Waals surface area contributed by atoms with E-state index in [1.54, 1.807) is 37.5 Å². The lowest BCUT2D eigenvalue weighted by Gasteiger charge is -2.08. The summed E-state index contributed by atoms with van der Waals surface area (Å²) in [5, 5.41) is 17.4. The highest BCUT2D eigenvalue weighted by atomic mass is 16.5. The second kappa shape index (κ2) is 8.11. The van der Waals surface area contributed by atoms with E-state index in [2.05, 4.69) is 45.9 Å². The molecule has 0 fully saturated rings. The summed E-state index contributed by atoms with van der Waals surface area (Å²) in [7, 11) is 4.92. The molecular formula is C20H21N11O2. The number of aryl methyl sites for hydroxylation is 2. The highest BCUT2D eigenvalue weighted by Crippen LogP contribution is 2.33. The maximum Gasteiger partial charge on any atom is 0.256 e. The van der Waals surface area contributed by atoms with Gasteiger partial charge in [-0.1, -0.05) is 0 Å². The van der Waals surface area contributed by atoms with Gasteiger partial charge < -0.3 is 25.1 Å². The van der Waals surface area contributed by atoms with Gasteiger partial charge in [0.25, 0.3) is 11.8 Å². The van der Waals surface area contributed by atoms with Crippen molar-refractivity contribution < 1.29 is 9.47 Å². The molecule has 0 unspecified atom stereocenters. The molecule has 13 heteroatoms. The van der Waals surface area contributed by atoms with Gasteiger partial charge in [0.05, 0.1) is 26.1 Å². The lowest BCUT2D eigenvalue weighted by atomic mass is 10.1. The van der Waals surface area contributed by atoms with Gasteiger partial charge in [-0.3, -0.25) is 9.78 Å². The maximum atomic E-state index is 5.30. The summed E-state index contributed by atoms with van der Waals surface area (Å²) in [6.07, 6.45) is 8.58. The minimum Gasteiger partial charge on any atom is -0.478 e. The zero-order chi connectivity index (χ0) is 22.9. The number of aromatic amines is 2. The maximum absolute atomic E-state index is 5.30. The molecule has 0 amide bonds. The van der Waals surface area contributed by atoms with Crippen molar-refractivity contribution in [3.63, 3.8) is 0 Å². The van der Waals surface area contributed by atoms with E-state index >= 15 is 0 Å². The molecule has 33 heavy (non-hydrogen) atoms.